The number of rotatable bonds is 5. The number of carbonyl (C=O) groups excluding carboxylic acids is 1. The van der Waals surface area contributed by atoms with Gasteiger partial charge in [0.15, 0.2) is 0 Å². The Kier molecular flexibility index (Phi) is 5.21. The summed E-state index contributed by atoms with van der Waals surface area (Å²) in [5.41, 5.74) is 1.04. The van der Waals surface area contributed by atoms with Crippen molar-refractivity contribution < 1.29 is 9.53 Å². The third-order valence-corrected chi connectivity index (χ3v) is 3.06. The molecule has 0 saturated carbocycles. The molecule has 3 nitrogen and oxygen atoms in total. The monoisotopic (exact) mass is 297 g/mol. The van der Waals surface area contributed by atoms with Crippen molar-refractivity contribution in [2.24, 2.45) is 5.41 Å². The van der Waals surface area contributed by atoms with Gasteiger partial charge in [-0.1, -0.05) is 51.1 Å². The number of hydrogen-bond acceptors (Lipinski definition) is 2. The van der Waals surface area contributed by atoms with Crippen LogP contribution in [0.4, 0.5) is 0 Å². The average Bonchev–Trinajstić information content (AvgIpc) is 2.46. The fourth-order valence-corrected chi connectivity index (χ4v) is 1.96. The lowest BCUT2D eigenvalue weighted by molar-refractivity contribution is -0.120. The van der Waals surface area contributed by atoms with E-state index in [2.05, 4.69) is 26.1 Å². The molecule has 0 radical (unpaired) electrons. The number of benzene rings is 2. The van der Waals surface area contributed by atoms with E-state index in [-0.39, 0.29) is 11.3 Å². The van der Waals surface area contributed by atoms with Crippen LogP contribution in [0.25, 0.3) is 0 Å². The van der Waals surface area contributed by atoms with Crippen molar-refractivity contribution in [3.8, 4) is 11.5 Å². The molecular formula is C19H23NO2. The highest BCUT2D eigenvalue weighted by Crippen LogP contribution is 2.22. The zero-order valence-electron chi connectivity index (χ0n) is 13.4. The van der Waals surface area contributed by atoms with Gasteiger partial charge in [0.2, 0.25) is 5.91 Å². The fourth-order valence-electron chi connectivity index (χ4n) is 1.96. The number of carbonyl (C=O) groups is 1. The molecule has 1 amide bonds. The van der Waals surface area contributed by atoms with Gasteiger partial charge in [0.05, 0.1) is 6.42 Å². The summed E-state index contributed by atoms with van der Waals surface area (Å²) < 4.78 is 5.78. The number of ether oxygens (including phenoxy) is 1. The molecule has 0 heterocycles. The molecule has 2 aromatic rings. The molecule has 2 aromatic carbocycles. The largest absolute Gasteiger partial charge is 0.457 e. The predicted molar refractivity (Wildman–Crippen MR) is 89.1 cm³/mol. The summed E-state index contributed by atoms with van der Waals surface area (Å²) in [4.78, 5) is 12.0. The molecule has 22 heavy (non-hydrogen) atoms. The molecule has 0 bridgehead atoms. The first-order chi connectivity index (χ1) is 10.4. The van der Waals surface area contributed by atoms with Gasteiger partial charge < -0.3 is 10.1 Å². The quantitative estimate of drug-likeness (QED) is 0.899. The second kappa shape index (κ2) is 7.12. The Bertz CT molecular complexity index is 615. The van der Waals surface area contributed by atoms with Crippen LogP contribution in [-0.2, 0) is 11.2 Å². The molecule has 116 valence electrons. The second-order valence-corrected chi connectivity index (χ2v) is 6.58. The van der Waals surface area contributed by atoms with E-state index in [1.165, 1.54) is 0 Å². The molecule has 0 unspecified atom stereocenters. The van der Waals surface area contributed by atoms with Crippen molar-refractivity contribution in [3.63, 3.8) is 0 Å². The maximum atomic E-state index is 12.0. The molecule has 0 spiro atoms. The fraction of sp³-hybridized carbons (Fsp3) is 0.316. The smallest absolute Gasteiger partial charge is 0.224 e. The van der Waals surface area contributed by atoms with E-state index in [0.29, 0.717) is 13.0 Å². The minimum Gasteiger partial charge on any atom is -0.457 e. The van der Waals surface area contributed by atoms with Crippen LogP contribution < -0.4 is 10.1 Å². The molecule has 0 aliphatic rings. The Balaban J connectivity index is 1.95. The Morgan fingerprint density at radius 1 is 1.00 bits per heavy atom. The van der Waals surface area contributed by atoms with E-state index in [4.69, 9.17) is 4.74 Å². The van der Waals surface area contributed by atoms with Gasteiger partial charge in [0, 0.05) is 6.54 Å². The van der Waals surface area contributed by atoms with Crippen molar-refractivity contribution in [1.82, 2.24) is 5.32 Å². The maximum absolute atomic E-state index is 12.0. The van der Waals surface area contributed by atoms with Gasteiger partial charge in [-0.05, 0) is 35.2 Å². The molecule has 1 N–H and O–H groups in total. The first-order valence-corrected chi connectivity index (χ1v) is 7.51. The molecule has 0 aliphatic heterocycles. The van der Waals surface area contributed by atoms with Crippen LogP contribution in [0, 0.1) is 5.41 Å². The Labute approximate surface area is 132 Å². The van der Waals surface area contributed by atoms with E-state index >= 15 is 0 Å². The normalized spacial score (nSPS) is 11.0. The van der Waals surface area contributed by atoms with Crippen LogP contribution in [0.1, 0.15) is 26.3 Å². The summed E-state index contributed by atoms with van der Waals surface area (Å²) in [6.07, 6.45) is 0.363. The third kappa shape index (κ3) is 5.60. The predicted octanol–water partition coefficient (Wildman–Crippen LogP) is 4.18. The lowest BCUT2D eigenvalue weighted by Crippen LogP contribution is -2.33. The van der Waals surface area contributed by atoms with Crippen molar-refractivity contribution in [2.45, 2.75) is 27.2 Å². The molecular weight excluding hydrogens is 274 g/mol. The minimum atomic E-state index is 0.0341. The van der Waals surface area contributed by atoms with Crippen LogP contribution in [0.15, 0.2) is 54.6 Å². The first-order valence-electron chi connectivity index (χ1n) is 7.51. The number of hydrogen-bond donors (Lipinski definition) is 1. The highest BCUT2D eigenvalue weighted by Gasteiger charge is 2.12. The van der Waals surface area contributed by atoms with Gasteiger partial charge in [-0.15, -0.1) is 0 Å². The highest BCUT2D eigenvalue weighted by atomic mass is 16.5. The zero-order chi connectivity index (χ0) is 16.0. The molecule has 0 saturated heterocycles. The lowest BCUT2D eigenvalue weighted by atomic mass is 9.97. The van der Waals surface area contributed by atoms with Crippen LogP contribution in [0.5, 0.6) is 11.5 Å². The van der Waals surface area contributed by atoms with Gasteiger partial charge in [0.25, 0.3) is 0 Å². The van der Waals surface area contributed by atoms with Crippen molar-refractivity contribution in [2.75, 3.05) is 6.54 Å². The highest BCUT2D eigenvalue weighted by molar-refractivity contribution is 5.78. The standard InChI is InChI=1S/C19H23NO2/c1-19(2,3)14-20-18(21)13-15-8-7-11-17(12-15)22-16-9-5-4-6-10-16/h4-12H,13-14H2,1-3H3,(H,20,21). The lowest BCUT2D eigenvalue weighted by Gasteiger charge is -2.18. The van der Waals surface area contributed by atoms with Crippen molar-refractivity contribution in [3.05, 3.63) is 60.2 Å². The Morgan fingerprint density at radius 2 is 1.68 bits per heavy atom. The summed E-state index contributed by atoms with van der Waals surface area (Å²) in [6, 6.07) is 17.3. The Morgan fingerprint density at radius 3 is 2.36 bits per heavy atom. The van der Waals surface area contributed by atoms with Crippen LogP contribution in [0.3, 0.4) is 0 Å². The SMILES string of the molecule is CC(C)(C)CNC(=O)Cc1cccc(Oc2ccccc2)c1. The number of para-hydroxylation sites is 1. The summed E-state index contributed by atoms with van der Waals surface area (Å²) in [5, 5.41) is 2.96. The van der Waals surface area contributed by atoms with Crippen LogP contribution in [-0.4, -0.2) is 12.5 Å². The molecule has 0 aromatic heterocycles. The first kappa shape index (κ1) is 16.1. The average molecular weight is 297 g/mol. The van der Waals surface area contributed by atoms with Gasteiger partial charge in [0.1, 0.15) is 11.5 Å². The third-order valence-electron chi connectivity index (χ3n) is 3.06. The summed E-state index contributed by atoms with van der Waals surface area (Å²) >= 11 is 0. The van der Waals surface area contributed by atoms with Crippen molar-refractivity contribution in [1.29, 1.82) is 0 Å². The summed E-state index contributed by atoms with van der Waals surface area (Å²) in [6.45, 7) is 6.97. The van der Waals surface area contributed by atoms with Crippen LogP contribution in [0.2, 0.25) is 0 Å². The number of nitrogens with one attached hydrogen (secondary N) is 1. The molecule has 3 heteroatoms. The van der Waals surface area contributed by atoms with Gasteiger partial charge in [-0.2, -0.15) is 0 Å². The summed E-state index contributed by atoms with van der Waals surface area (Å²) in [7, 11) is 0. The maximum Gasteiger partial charge on any atom is 0.224 e. The van der Waals surface area contributed by atoms with E-state index in [9.17, 15) is 4.79 Å². The van der Waals surface area contributed by atoms with E-state index in [1.54, 1.807) is 0 Å². The minimum absolute atomic E-state index is 0.0341. The zero-order valence-corrected chi connectivity index (χ0v) is 13.4. The van der Waals surface area contributed by atoms with Crippen molar-refractivity contribution >= 4 is 5.91 Å². The Hall–Kier alpha value is -2.29. The topological polar surface area (TPSA) is 38.3 Å². The molecule has 0 aliphatic carbocycles. The second-order valence-electron chi connectivity index (χ2n) is 6.58. The molecule has 0 atom stereocenters. The molecule has 2 rings (SSSR count). The van der Waals surface area contributed by atoms with E-state index in [0.717, 1.165) is 17.1 Å². The van der Waals surface area contributed by atoms with E-state index in [1.807, 2.05) is 54.6 Å². The van der Waals surface area contributed by atoms with Gasteiger partial charge in [-0.3, -0.25) is 4.79 Å². The van der Waals surface area contributed by atoms with Gasteiger partial charge >= 0.3 is 0 Å². The molecule has 0 fully saturated rings. The van der Waals surface area contributed by atoms with Crippen LogP contribution >= 0.6 is 0 Å². The summed E-state index contributed by atoms with van der Waals surface area (Å²) in [5.74, 6) is 1.57. The van der Waals surface area contributed by atoms with Gasteiger partial charge in [-0.25, -0.2) is 0 Å². The number of amides is 1. The van der Waals surface area contributed by atoms with E-state index < -0.39 is 0 Å².